The van der Waals surface area contributed by atoms with Gasteiger partial charge in [0.2, 0.25) is 0 Å². The van der Waals surface area contributed by atoms with Gasteiger partial charge >= 0.3 is 0 Å². The number of amides is 1. The molecule has 1 aromatic heterocycles. The molecule has 3 aromatic rings. The Kier molecular flexibility index (Phi) is 5.77. The number of ether oxygens (including phenoxy) is 1. The van der Waals surface area contributed by atoms with Gasteiger partial charge in [0.1, 0.15) is 11.5 Å². The molecule has 0 bridgehead atoms. The quantitative estimate of drug-likeness (QED) is 0.671. The molecule has 0 saturated carbocycles. The summed E-state index contributed by atoms with van der Waals surface area (Å²) >= 11 is 0. The number of hydrogen-bond acceptors (Lipinski definition) is 5. The number of hydrogen-bond donors (Lipinski definition) is 2. The lowest BCUT2D eigenvalue weighted by Gasteiger charge is -2.08. The summed E-state index contributed by atoms with van der Waals surface area (Å²) in [6.07, 6.45) is 0.878. The Morgan fingerprint density at radius 1 is 0.923 bits per heavy atom. The standard InChI is InChI=1S/C20H20N4O2/c1-2-14-21-20(25)18-12-13-19(24-23-18)22-15-8-10-17(11-9-15)26-16-6-4-3-5-7-16/h3-13H,2,14H2,1H3,(H,21,25)(H,22,24). The van der Waals surface area contributed by atoms with Crippen molar-refractivity contribution in [3.8, 4) is 11.5 Å². The van der Waals surface area contributed by atoms with Gasteiger partial charge in [-0.3, -0.25) is 4.79 Å². The van der Waals surface area contributed by atoms with E-state index in [0.717, 1.165) is 23.6 Å². The minimum Gasteiger partial charge on any atom is -0.457 e. The fraction of sp³-hybridized carbons (Fsp3) is 0.150. The molecule has 1 heterocycles. The van der Waals surface area contributed by atoms with Crippen LogP contribution in [0.2, 0.25) is 0 Å². The van der Waals surface area contributed by atoms with Crippen molar-refractivity contribution in [1.29, 1.82) is 0 Å². The molecule has 0 aliphatic rings. The molecule has 26 heavy (non-hydrogen) atoms. The van der Waals surface area contributed by atoms with E-state index in [1.807, 2.05) is 61.5 Å². The Bertz CT molecular complexity index is 834. The van der Waals surface area contributed by atoms with Crippen LogP contribution in [0, 0.1) is 0 Å². The highest BCUT2D eigenvalue weighted by Crippen LogP contribution is 2.23. The molecule has 2 aromatic carbocycles. The van der Waals surface area contributed by atoms with E-state index in [1.165, 1.54) is 0 Å². The highest BCUT2D eigenvalue weighted by molar-refractivity contribution is 5.92. The summed E-state index contributed by atoms with van der Waals surface area (Å²) in [5, 5.41) is 13.9. The third-order valence-corrected chi connectivity index (χ3v) is 3.54. The van der Waals surface area contributed by atoms with E-state index < -0.39 is 0 Å². The first-order valence-corrected chi connectivity index (χ1v) is 8.46. The molecule has 0 aliphatic carbocycles. The van der Waals surface area contributed by atoms with Gasteiger partial charge in [0.25, 0.3) is 5.91 Å². The number of carbonyl (C=O) groups excluding carboxylic acids is 1. The maximum atomic E-state index is 11.8. The van der Waals surface area contributed by atoms with Gasteiger partial charge in [0, 0.05) is 12.2 Å². The minimum atomic E-state index is -0.215. The van der Waals surface area contributed by atoms with Crippen LogP contribution in [0.5, 0.6) is 11.5 Å². The van der Waals surface area contributed by atoms with Gasteiger partial charge in [-0.05, 0) is 55.0 Å². The van der Waals surface area contributed by atoms with Gasteiger partial charge in [-0.25, -0.2) is 0 Å². The fourth-order valence-electron chi connectivity index (χ4n) is 2.23. The van der Waals surface area contributed by atoms with Crippen molar-refractivity contribution in [1.82, 2.24) is 15.5 Å². The fourth-order valence-corrected chi connectivity index (χ4v) is 2.23. The van der Waals surface area contributed by atoms with Gasteiger partial charge in [0.05, 0.1) is 0 Å². The first-order chi connectivity index (χ1) is 12.7. The number of rotatable bonds is 7. The molecule has 0 aliphatic heterocycles. The number of para-hydroxylation sites is 1. The smallest absolute Gasteiger partial charge is 0.271 e. The summed E-state index contributed by atoms with van der Waals surface area (Å²) in [4.78, 5) is 11.8. The van der Waals surface area contributed by atoms with Gasteiger partial charge in [-0.1, -0.05) is 25.1 Å². The second-order valence-corrected chi connectivity index (χ2v) is 5.62. The Hall–Kier alpha value is -3.41. The molecule has 2 N–H and O–H groups in total. The van der Waals surface area contributed by atoms with Crippen LogP contribution in [-0.2, 0) is 0 Å². The second kappa shape index (κ2) is 8.62. The maximum Gasteiger partial charge on any atom is 0.271 e. The Morgan fingerprint density at radius 3 is 2.31 bits per heavy atom. The lowest BCUT2D eigenvalue weighted by Crippen LogP contribution is -2.25. The lowest BCUT2D eigenvalue weighted by atomic mass is 10.3. The average molecular weight is 348 g/mol. The first-order valence-electron chi connectivity index (χ1n) is 8.46. The molecular formula is C20H20N4O2. The number of nitrogens with zero attached hydrogens (tertiary/aromatic N) is 2. The summed E-state index contributed by atoms with van der Waals surface area (Å²) in [5.74, 6) is 1.88. The zero-order valence-electron chi connectivity index (χ0n) is 14.5. The predicted octanol–water partition coefficient (Wildman–Crippen LogP) is 4.15. The number of carbonyl (C=O) groups is 1. The molecule has 6 nitrogen and oxygen atoms in total. The normalized spacial score (nSPS) is 10.2. The second-order valence-electron chi connectivity index (χ2n) is 5.62. The minimum absolute atomic E-state index is 0.215. The van der Waals surface area contributed by atoms with Gasteiger partial charge in [0.15, 0.2) is 11.5 Å². The molecule has 6 heteroatoms. The Balaban J connectivity index is 1.59. The topological polar surface area (TPSA) is 76.1 Å². The highest BCUT2D eigenvalue weighted by atomic mass is 16.5. The number of anilines is 2. The van der Waals surface area contributed by atoms with Crippen LogP contribution in [0.1, 0.15) is 23.8 Å². The van der Waals surface area contributed by atoms with Crippen LogP contribution >= 0.6 is 0 Å². The SMILES string of the molecule is CCCNC(=O)c1ccc(Nc2ccc(Oc3ccccc3)cc2)nn1. The van der Waals surface area contributed by atoms with E-state index in [-0.39, 0.29) is 5.91 Å². The summed E-state index contributed by atoms with van der Waals surface area (Å²) in [5.41, 5.74) is 1.15. The molecule has 1 amide bonds. The van der Waals surface area contributed by atoms with Crippen molar-refractivity contribution < 1.29 is 9.53 Å². The van der Waals surface area contributed by atoms with E-state index in [9.17, 15) is 4.79 Å². The van der Waals surface area contributed by atoms with Crippen molar-refractivity contribution in [2.24, 2.45) is 0 Å². The number of aromatic nitrogens is 2. The van der Waals surface area contributed by atoms with E-state index in [1.54, 1.807) is 12.1 Å². The van der Waals surface area contributed by atoms with Crippen LogP contribution in [-0.4, -0.2) is 22.6 Å². The van der Waals surface area contributed by atoms with E-state index >= 15 is 0 Å². The van der Waals surface area contributed by atoms with Crippen LogP contribution < -0.4 is 15.4 Å². The van der Waals surface area contributed by atoms with Crippen molar-refractivity contribution in [2.45, 2.75) is 13.3 Å². The van der Waals surface area contributed by atoms with Crippen LogP contribution in [0.15, 0.2) is 66.7 Å². The lowest BCUT2D eigenvalue weighted by molar-refractivity contribution is 0.0947. The molecule has 0 fully saturated rings. The first kappa shape index (κ1) is 17.4. The molecule has 0 unspecified atom stereocenters. The Morgan fingerprint density at radius 2 is 1.65 bits per heavy atom. The molecular weight excluding hydrogens is 328 g/mol. The summed E-state index contributed by atoms with van der Waals surface area (Å²) in [6, 6.07) is 20.5. The number of benzene rings is 2. The molecule has 0 atom stereocenters. The zero-order chi connectivity index (χ0) is 18.2. The summed E-state index contributed by atoms with van der Waals surface area (Å²) < 4.78 is 5.76. The van der Waals surface area contributed by atoms with E-state index in [4.69, 9.17) is 4.74 Å². The molecule has 132 valence electrons. The maximum absolute atomic E-state index is 11.8. The van der Waals surface area contributed by atoms with Gasteiger partial charge < -0.3 is 15.4 Å². The Labute approximate surface area is 152 Å². The summed E-state index contributed by atoms with van der Waals surface area (Å²) in [7, 11) is 0. The predicted molar refractivity (Wildman–Crippen MR) is 101 cm³/mol. The number of nitrogens with one attached hydrogen (secondary N) is 2. The summed E-state index contributed by atoms with van der Waals surface area (Å²) in [6.45, 7) is 2.62. The monoisotopic (exact) mass is 348 g/mol. The van der Waals surface area contributed by atoms with Crippen molar-refractivity contribution in [2.75, 3.05) is 11.9 Å². The van der Waals surface area contributed by atoms with Crippen LogP contribution in [0.4, 0.5) is 11.5 Å². The van der Waals surface area contributed by atoms with Crippen LogP contribution in [0.3, 0.4) is 0 Å². The van der Waals surface area contributed by atoms with Crippen molar-refractivity contribution >= 4 is 17.4 Å². The third-order valence-electron chi connectivity index (χ3n) is 3.54. The van der Waals surface area contributed by atoms with E-state index in [2.05, 4.69) is 20.8 Å². The largest absolute Gasteiger partial charge is 0.457 e. The zero-order valence-corrected chi connectivity index (χ0v) is 14.5. The van der Waals surface area contributed by atoms with Gasteiger partial charge in [-0.15, -0.1) is 10.2 Å². The molecule has 0 saturated heterocycles. The van der Waals surface area contributed by atoms with Crippen molar-refractivity contribution in [3.05, 3.63) is 72.4 Å². The highest BCUT2D eigenvalue weighted by Gasteiger charge is 2.07. The molecule has 3 rings (SSSR count). The average Bonchev–Trinajstić information content (AvgIpc) is 2.69. The van der Waals surface area contributed by atoms with E-state index in [0.29, 0.717) is 18.1 Å². The third kappa shape index (κ3) is 4.80. The molecule has 0 radical (unpaired) electrons. The molecule has 0 spiro atoms. The van der Waals surface area contributed by atoms with Crippen molar-refractivity contribution in [3.63, 3.8) is 0 Å². The van der Waals surface area contributed by atoms with Crippen LogP contribution in [0.25, 0.3) is 0 Å². The van der Waals surface area contributed by atoms with Gasteiger partial charge in [-0.2, -0.15) is 0 Å².